The maximum atomic E-state index is 13.6. The molecule has 0 bridgehead atoms. The third-order valence-corrected chi connectivity index (χ3v) is 10.3. The average molecular weight is 623 g/mol. The first-order valence-electron chi connectivity index (χ1n) is 13.5. The first-order chi connectivity index (χ1) is 20.4. The molecule has 2 atom stereocenters. The van der Waals surface area contributed by atoms with Crippen LogP contribution in [0.2, 0.25) is 10.0 Å². The van der Waals surface area contributed by atoms with Crippen LogP contribution in [0.1, 0.15) is 16.7 Å². The Morgan fingerprint density at radius 3 is 2.24 bits per heavy atom. The highest BCUT2D eigenvalue weighted by atomic mass is 35.5. The van der Waals surface area contributed by atoms with E-state index < -0.39 is 12.0 Å². The van der Waals surface area contributed by atoms with E-state index in [1.54, 1.807) is 23.1 Å². The van der Waals surface area contributed by atoms with Crippen molar-refractivity contribution in [2.45, 2.75) is 11.0 Å². The summed E-state index contributed by atoms with van der Waals surface area (Å²) in [7, 11) is 0. The van der Waals surface area contributed by atoms with Crippen molar-refractivity contribution in [3.05, 3.63) is 148 Å². The third kappa shape index (κ3) is 5.15. The fraction of sp³-hybridized carbons (Fsp3) is 0.0556. The Morgan fingerprint density at radius 2 is 1.50 bits per heavy atom. The fourth-order valence-corrected chi connectivity index (χ4v) is 8.17. The van der Waals surface area contributed by atoms with E-state index in [1.807, 2.05) is 84.9 Å². The largest absolute Gasteiger partial charge is 0.387 e. The topological polar surface area (TPSA) is 37.3 Å². The maximum Gasteiger partial charge on any atom is 0.240 e. The highest BCUT2D eigenvalue weighted by Crippen LogP contribution is 2.47. The number of aliphatic hydroxyl groups excluding tert-OH is 1. The molecule has 2 heterocycles. The van der Waals surface area contributed by atoms with E-state index in [0.29, 0.717) is 15.6 Å². The van der Waals surface area contributed by atoms with Crippen molar-refractivity contribution >= 4 is 78.7 Å². The summed E-state index contributed by atoms with van der Waals surface area (Å²) in [5.74, 6) is -0.707. The highest BCUT2D eigenvalue weighted by Gasteiger charge is 2.43. The van der Waals surface area contributed by atoms with E-state index >= 15 is 0 Å². The standard InChI is InChI=1S/C36H23Cl2O2S2/c37-25-11-13-27-23(17-31(41-33(27)19-25)21-7-3-1-4-8-21)15-29-35(39)30(36(29)40)16-24-18-32(22-9-5-2-6-10-22)42-34-20-26(38)12-14-28(24)34/h1-20,29,35,39H/q+1/b23-15+,30-16+. The van der Waals surface area contributed by atoms with Crippen molar-refractivity contribution < 1.29 is 9.90 Å². The number of allylic oxidation sites excluding steroid dienone is 2. The average Bonchev–Trinajstić information content (AvgIpc) is 3.02. The minimum Gasteiger partial charge on any atom is -0.387 e. The summed E-state index contributed by atoms with van der Waals surface area (Å²) in [4.78, 5) is 16.7. The fourth-order valence-electron chi connectivity index (χ4n) is 5.38. The molecule has 4 aromatic carbocycles. The molecular formula is C36H23Cl2O2S2+. The third-order valence-electron chi connectivity index (χ3n) is 7.56. The minimum atomic E-state index is -0.907. The molecule has 1 saturated carbocycles. The van der Waals surface area contributed by atoms with Crippen molar-refractivity contribution in [2.24, 2.45) is 5.92 Å². The Morgan fingerprint density at radius 1 is 0.810 bits per heavy atom. The molecule has 1 N–H and O–H groups in total. The number of Topliss-reactive ketones (excluding diaryl/α,β-unsaturated/α-hetero) is 1. The lowest BCUT2D eigenvalue weighted by atomic mass is 9.73. The summed E-state index contributed by atoms with van der Waals surface area (Å²) in [5.41, 5.74) is 5.38. The predicted molar refractivity (Wildman–Crippen MR) is 179 cm³/mol. The Balaban J connectivity index is 1.27. The monoisotopic (exact) mass is 621 g/mol. The zero-order chi connectivity index (χ0) is 28.8. The van der Waals surface area contributed by atoms with E-state index in [-0.39, 0.29) is 5.78 Å². The zero-order valence-corrected chi connectivity index (χ0v) is 25.3. The van der Waals surface area contributed by atoms with Gasteiger partial charge in [-0.15, -0.1) is 0 Å². The van der Waals surface area contributed by atoms with Crippen molar-refractivity contribution in [3.63, 3.8) is 0 Å². The van der Waals surface area contributed by atoms with Crippen LogP contribution in [-0.4, -0.2) is 17.0 Å². The lowest BCUT2D eigenvalue weighted by molar-refractivity contribution is -0.127. The molecule has 7 rings (SSSR count). The first-order valence-corrected chi connectivity index (χ1v) is 15.9. The number of hydrogen-bond donors (Lipinski definition) is 1. The highest BCUT2D eigenvalue weighted by molar-refractivity contribution is 8.08. The molecule has 204 valence electrons. The number of rotatable bonds is 4. The zero-order valence-electron chi connectivity index (χ0n) is 22.1. The van der Waals surface area contributed by atoms with Gasteiger partial charge in [0.1, 0.15) is 0 Å². The van der Waals surface area contributed by atoms with Gasteiger partial charge in [0.2, 0.25) is 20.9 Å². The number of ketones is 1. The SMILES string of the molecule is O=C1/C(=C/c2cc(-c3ccccc3)[s+]c3cc(Cl)ccc23)C(O)C1/C=C1\C=C(c2ccccc2)Sc2cc(Cl)ccc21. The number of carbonyl (C=O) groups is 1. The Labute approximate surface area is 262 Å². The van der Waals surface area contributed by atoms with Crippen LogP contribution < -0.4 is 0 Å². The van der Waals surface area contributed by atoms with Gasteiger partial charge in [0.05, 0.1) is 12.0 Å². The summed E-state index contributed by atoms with van der Waals surface area (Å²) in [5, 5.41) is 13.6. The predicted octanol–water partition coefficient (Wildman–Crippen LogP) is 10.3. The van der Waals surface area contributed by atoms with Gasteiger partial charge in [-0.25, -0.2) is 0 Å². The van der Waals surface area contributed by atoms with Gasteiger partial charge in [-0.1, -0.05) is 95.6 Å². The molecule has 2 unspecified atom stereocenters. The molecule has 1 aromatic heterocycles. The molecule has 0 amide bonds. The summed E-state index contributed by atoms with van der Waals surface area (Å²) in [6.45, 7) is 0. The Hall–Kier alpha value is -3.51. The second-order valence-electron chi connectivity index (χ2n) is 10.2. The minimum absolute atomic E-state index is 0.0747. The molecule has 42 heavy (non-hydrogen) atoms. The van der Waals surface area contributed by atoms with Crippen LogP contribution in [0.25, 0.3) is 37.1 Å². The van der Waals surface area contributed by atoms with Crippen LogP contribution in [0, 0.1) is 5.92 Å². The molecule has 6 heteroatoms. The number of benzene rings is 4. The molecule has 1 aliphatic heterocycles. The molecule has 5 aromatic rings. The van der Waals surface area contributed by atoms with Crippen molar-refractivity contribution in [1.29, 1.82) is 0 Å². The molecular weight excluding hydrogens is 599 g/mol. The Kier molecular flexibility index (Phi) is 7.35. The lowest BCUT2D eigenvalue weighted by Gasteiger charge is -2.33. The van der Waals surface area contributed by atoms with Crippen molar-refractivity contribution in [1.82, 2.24) is 0 Å². The Bertz CT molecular complexity index is 1960. The van der Waals surface area contributed by atoms with Crippen LogP contribution in [0.3, 0.4) is 0 Å². The molecule has 2 nitrogen and oxygen atoms in total. The van der Waals surface area contributed by atoms with E-state index in [4.69, 9.17) is 23.2 Å². The van der Waals surface area contributed by atoms with Gasteiger partial charge in [0, 0.05) is 48.5 Å². The van der Waals surface area contributed by atoms with Gasteiger partial charge >= 0.3 is 0 Å². The summed E-state index contributed by atoms with van der Waals surface area (Å²) in [6.07, 6.45) is 4.93. The van der Waals surface area contributed by atoms with E-state index in [1.165, 1.54) is 0 Å². The number of halogens is 2. The van der Waals surface area contributed by atoms with Gasteiger partial charge < -0.3 is 5.11 Å². The molecule has 0 spiro atoms. The molecule has 0 radical (unpaired) electrons. The smallest absolute Gasteiger partial charge is 0.240 e. The molecule has 1 aliphatic carbocycles. The van der Waals surface area contributed by atoms with E-state index in [0.717, 1.165) is 52.6 Å². The van der Waals surface area contributed by atoms with Gasteiger partial charge in [-0.05, 0) is 70.8 Å². The second kappa shape index (κ2) is 11.3. The number of fused-ring (bicyclic) bond motifs is 2. The van der Waals surface area contributed by atoms with Gasteiger partial charge in [0.15, 0.2) is 5.78 Å². The van der Waals surface area contributed by atoms with Crippen molar-refractivity contribution in [3.8, 4) is 10.4 Å². The number of aliphatic hydroxyl groups is 1. The summed E-state index contributed by atoms with van der Waals surface area (Å²) >= 11 is 16.0. The molecule has 2 aliphatic rings. The second-order valence-corrected chi connectivity index (χ2v) is 13.3. The number of thioether (sulfide) groups is 1. The van der Waals surface area contributed by atoms with Crippen LogP contribution >= 0.6 is 46.3 Å². The normalized spacial score (nSPS) is 20.0. The van der Waals surface area contributed by atoms with Crippen molar-refractivity contribution in [2.75, 3.05) is 0 Å². The van der Waals surface area contributed by atoms with Gasteiger partial charge in [-0.3, -0.25) is 4.79 Å². The maximum absolute atomic E-state index is 13.6. The van der Waals surface area contributed by atoms with E-state index in [2.05, 4.69) is 36.4 Å². The lowest BCUT2D eigenvalue weighted by Crippen LogP contribution is -2.43. The molecule has 0 saturated heterocycles. The number of hydrogen-bond acceptors (Lipinski definition) is 3. The quantitative estimate of drug-likeness (QED) is 0.160. The van der Waals surface area contributed by atoms with E-state index in [9.17, 15) is 9.90 Å². The van der Waals surface area contributed by atoms with Gasteiger partial charge in [-0.2, -0.15) is 0 Å². The van der Waals surface area contributed by atoms with Crippen LogP contribution in [0.5, 0.6) is 0 Å². The van der Waals surface area contributed by atoms with Crippen LogP contribution in [-0.2, 0) is 4.79 Å². The molecule has 1 fully saturated rings. The van der Waals surface area contributed by atoms with Crippen LogP contribution in [0.4, 0.5) is 0 Å². The van der Waals surface area contributed by atoms with Gasteiger partial charge in [0.25, 0.3) is 0 Å². The van der Waals surface area contributed by atoms with Crippen LogP contribution in [0.15, 0.2) is 126 Å². The number of carbonyl (C=O) groups excluding carboxylic acids is 1. The first kappa shape index (κ1) is 27.3. The summed E-state index contributed by atoms with van der Waals surface area (Å²) in [6, 6.07) is 33.9. The summed E-state index contributed by atoms with van der Waals surface area (Å²) < 4.78 is 1.02.